The molecule has 0 heterocycles. The molecule has 0 radical (unpaired) electrons. The van der Waals surface area contributed by atoms with Crippen molar-refractivity contribution in [3.05, 3.63) is 35.1 Å². The van der Waals surface area contributed by atoms with E-state index in [1.165, 1.54) is 6.07 Å². The Morgan fingerprint density at radius 2 is 2.18 bits per heavy atom. The van der Waals surface area contributed by atoms with Crippen LogP contribution in [0, 0.1) is 11.7 Å². The lowest BCUT2D eigenvalue weighted by atomic mass is 9.80. The summed E-state index contributed by atoms with van der Waals surface area (Å²) in [5, 5.41) is 12.2. The summed E-state index contributed by atoms with van der Waals surface area (Å²) in [6.45, 7) is 2.41. The molecule has 0 bridgehead atoms. The molecule has 0 saturated heterocycles. The summed E-state index contributed by atoms with van der Waals surface area (Å²) in [6, 6.07) is 5.04. The van der Waals surface area contributed by atoms with Crippen molar-refractivity contribution < 1.29 is 14.3 Å². The highest BCUT2D eigenvalue weighted by atomic mass is 19.1. The Kier molecular flexibility index (Phi) is 4.34. The van der Waals surface area contributed by atoms with E-state index in [1.807, 2.05) is 6.07 Å². The first-order valence-electron chi connectivity index (χ1n) is 8.07. The fourth-order valence-electron chi connectivity index (χ4n) is 3.36. The second-order valence-corrected chi connectivity index (χ2v) is 6.40. The number of amides is 2. The fourth-order valence-corrected chi connectivity index (χ4v) is 3.36. The van der Waals surface area contributed by atoms with Gasteiger partial charge in [-0.15, -0.1) is 0 Å². The number of nitrogens with zero attached hydrogens (tertiary/aromatic N) is 1. The molecule has 0 spiro atoms. The summed E-state index contributed by atoms with van der Waals surface area (Å²) in [6.07, 6.45) is 3.58. The third-order valence-electron chi connectivity index (χ3n) is 4.78. The van der Waals surface area contributed by atoms with Gasteiger partial charge in [-0.2, -0.15) is 0 Å². The Bertz CT molecular complexity index is 560. The van der Waals surface area contributed by atoms with Gasteiger partial charge in [-0.25, -0.2) is 9.18 Å². The number of carbonyl (C=O) groups excluding carboxylic acids is 1. The van der Waals surface area contributed by atoms with Crippen LogP contribution in [-0.2, 0) is 6.42 Å². The second-order valence-electron chi connectivity index (χ2n) is 6.40. The van der Waals surface area contributed by atoms with Gasteiger partial charge in [0.05, 0.1) is 12.6 Å². The lowest BCUT2D eigenvalue weighted by molar-refractivity contribution is 0.166. The molecule has 2 N–H and O–H groups in total. The largest absolute Gasteiger partial charge is 0.395 e. The molecule has 2 atom stereocenters. The quantitative estimate of drug-likeness (QED) is 0.898. The third-order valence-corrected chi connectivity index (χ3v) is 4.78. The van der Waals surface area contributed by atoms with Gasteiger partial charge in [0.25, 0.3) is 0 Å². The van der Waals surface area contributed by atoms with Gasteiger partial charge < -0.3 is 15.3 Å². The van der Waals surface area contributed by atoms with Crippen LogP contribution >= 0.6 is 0 Å². The third kappa shape index (κ3) is 2.95. The van der Waals surface area contributed by atoms with Crippen molar-refractivity contribution in [2.75, 3.05) is 13.2 Å². The molecule has 2 aliphatic carbocycles. The van der Waals surface area contributed by atoms with Crippen LogP contribution < -0.4 is 5.32 Å². The maximum atomic E-state index is 14.0. The highest BCUT2D eigenvalue weighted by Gasteiger charge is 2.35. The van der Waals surface area contributed by atoms with E-state index in [0.29, 0.717) is 6.54 Å². The van der Waals surface area contributed by atoms with Crippen molar-refractivity contribution >= 4 is 6.03 Å². The molecule has 1 fully saturated rings. The van der Waals surface area contributed by atoms with Gasteiger partial charge in [0.2, 0.25) is 0 Å². The smallest absolute Gasteiger partial charge is 0.318 e. The summed E-state index contributed by atoms with van der Waals surface area (Å²) in [4.78, 5) is 14.2. The number of hydrogen-bond acceptors (Lipinski definition) is 2. The lowest BCUT2D eigenvalue weighted by Crippen LogP contribution is -2.46. The van der Waals surface area contributed by atoms with E-state index in [9.17, 15) is 9.18 Å². The number of carbonyl (C=O) groups is 1. The Morgan fingerprint density at radius 1 is 1.41 bits per heavy atom. The van der Waals surface area contributed by atoms with E-state index in [2.05, 4.69) is 12.2 Å². The molecule has 2 amide bonds. The SMILES string of the molecule is C[C@H]1CCc2c(F)cccc2[C@H]1NC(=O)N(CCO)C1CC1. The summed E-state index contributed by atoms with van der Waals surface area (Å²) < 4.78 is 14.0. The molecule has 0 unspecified atom stereocenters. The zero-order valence-electron chi connectivity index (χ0n) is 12.9. The minimum atomic E-state index is -0.182. The Labute approximate surface area is 130 Å². The van der Waals surface area contributed by atoms with Crippen LogP contribution in [0.2, 0.25) is 0 Å². The van der Waals surface area contributed by atoms with Gasteiger partial charge in [-0.1, -0.05) is 19.1 Å². The van der Waals surface area contributed by atoms with Crippen molar-refractivity contribution in [2.45, 2.75) is 44.7 Å². The summed E-state index contributed by atoms with van der Waals surface area (Å²) >= 11 is 0. The van der Waals surface area contributed by atoms with Gasteiger partial charge in [0.1, 0.15) is 5.82 Å². The molecule has 22 heavy (non-hydrogen) atoms. The van der Waals surface area contributed by atoms with E-state index < -0.39 is 0 Å². The number of urea groups is 1. The van der Waals surface area contributed by atoms with Crippen LogP contribution in [0.3, 0.4) is 0 Å². The molecule has 0 aromatic heterocycles. The van der Waals surface area contributed by atoms with Crippen LogP contribution in [0.25, 0.3) is 0 Å². The number of halogens is 1. The molecule has 1 aromatic carbocycles. The van der Waals surface area contributed by atoms with Crippen LogP contribution in [0.5, 0.6) is 0 Å². The number of nitrogens with one attached hydrogen (secondary N) is 1. The van der Waals surface area contributed by atoms with E-state index in [-0.39, 0.29) is 36.5 Å². The van der Waals surface area contributed by atoms with Crippen LogP contribution in [-0.4, -0.2) is 35.2 Å². The van der Waals surface area contributed by atoms with Crippen molar-refractivity contribution in [1.82, 2.24) is 10.2 Å². The van der Waals surface area contributed by atoms with Gasteiger partial charge in [-0.05, 0) is 48.8 Å². The minimum Gasteiger partial charge on any atom is -0.395 e. The summed E-state index contributed by atoms with van der Waals surface area (Å²) in [5.74, 6) is 0.0893. The van der Waals surface area contributed by atoms with Crippen molar-refractivity contribution in [3.8, 4) is 0 Å². The topological polar surface area (TPSA) is 52.6 Å². The first-order valence-corrected chi connectivity index (χ1v) is 8.07. The predicted molar refractivity (Wildman–Crippen MR) is 82.0 cm³/mol. The zero-order chi connectivity index (χ0) is 15.7. The maximum absolute atomic E-state index is 14.0. The van der Waals surface area contributed by atoms with Crippen molar-refractivity contribution in [2.24, 2.45) is 5.92 Å². The van der Waals surface area contributed by atoms with Gasteiger partial charge in [0, 0.05) is 12.6 Å². The standard InChI is InChI=1S/C17H23FN2O2/c1-11-5-8-13-14(3-2-4-15(13)18)16(11)19-17(22)20(9-10-21)12-6-7-12/h2-4,11-12,16,21H,5-10H2,1H3,(H,19,22)/t11-,16-/m0/s1. The number of aliphatic hydroxyl groups excluding tert-OH is 1. The molecular weight excluding hydrogens is 283 g/mol. The Hall–Kier alpha value is -1.62. The highest BCUT2D eigenvalue weighted by molar-refractivity contribution is 5.75. The maximum Gasteiger partial charge on any atom is 0.318 e. The normalized spacial score (nSPS) is 23.8. The van der Waals surface area contributed by atoms with Crippen LogP contribution in [0.1, 0.15) is 43.4 Å². The predicted octanol–water partition coefficient (Wildman–Crippen LogP) is 2.62. The van der Waals surface area contributed by atoms with Gasteiger partial charge >= 0.3 is 6.03 Å². The van der Waals surface area contributed by atoms with E-state index >= 15 is 0 Å². The number of fused-ring (bicyclic) bond motifs is 1. The molecule has 1 aromatic rings. The van der Waals surface area contributed by atoms with Crippen molar-refractivity contribution in [1.29, 1.82) is 0 Å². The number of benzene rings is 1. The fraction of sp³-hybridized carbons (Fsp3) is 0.588. The zero-order valence-corrected chi connectivity index (χ0v) is 12.9. The molecule has 1 saturated carbocycles. The Morgan fingerprint density at radius 3 is 2.86 bits per heavy atom. The summed E-state index contributed by atoms with van der Waals surface area (Å²) in [7, 11) is 0. The second kappa shape index (κ2) is 6.24. The molecule has 5 heteroatoms. The van der Waals surface area contributed by atoms with Crippen LogP contribution in [0.4, 0.5) is 9.18 Å². The van der Waals surface area contributed by atoms with E-state index in [1.54, 1.807) is 11.0 Å². The first-order chi connectivity index (χ1) is 10.6. The average molecular weight is 306 g/mol. The lowest BCUT2D eigenvalue weighted by Gasteiger charge is -2.34. The number of aliphatic hydroxyl groups is 1. The molecule has 2 aliphatic rings. The molecule has 120 valence electrons. The van der Waals surface area contributed by atoms with E-state index in [4.69, 9.17) is 5.11 Å². The number of rotatable bonds is 4. The minimum absolute atomic E-state index is 0.0324. The Balaban J connectivity index is 1.79. The van der Waals surface area contributed by atoms with E-state index in [0.717, 1.165) is 36.8 Å². The van der Waals surface area contributed by atoms with Crippen molar-refractivity contribution in [3.63, 3.8) is 0 Å². The highest BCUT2D eigenvalue weighted by Crippen LogP contribution is 2.36. The molecule has 3 rings (SSSR count). The van der Waals surface area contributed by atoms with Gasteiger partial charge in [-0.3, -0.25) is 0 Å². The molecule has 4 nitrogen and oxygen atoms in total. The van der Waals surface area contributed by atoms with Gasteiger partial charge in [0.15, 0.2) is 0 Å². The number of hydrogen-bond donors (Lipinski definition) is 2. The van der Waals surface area contributed by atoms with Crippen LogP contribution in [0.15, 0.2) is 18.2 Å². The molecule has 0 aliphatic heterocycles. The average Bonchev–Trinajstić information content (AvgIpc) is 3.32. The summed E-state index contributed by atoms with van der Waals surface area (Å²) in [5.41, 5.74) is 1.62. The molecular formula is C17H23FN2O2. The first kappa shape index (κ1) is 15.3. The monoisotopic (exact) mass is 306 g/mol.